The van der Waals surface area contributed by atoms with E-state index in [2.05, 4.69) is 39.4 Å². The number of benzene rings is 1. The summed E-state index contributed by atoms with van der Waals surface area (Å²) in [5.41, 5.74) is 6.24. The maximum atomic E-state index is 5.65. The zero-order valence-electron chi connectivity index (χ0n) is 14.3. The lowest BCUT2D eigenvalue weighted by molar-refractivity contribution is 0.413. The molecule has 2 aromatic heterocycles. The normalized spacial score (nSPS) is 13.0. The average Bonchev–Trinajstić information content (AvgIpc) is 3.07. The van der Waals surface area contributed by atoms with Crippen LogP contribution in [0.4, 0.5) is 5.69 Å². The SMILES string of the molecule is COc1cc2c(cc1-c1conc1C)CC=CN2Cc1ccccn1. The van der Waals surface area contributed by atoms with E-state index in [-0.39, 0.29) is 0 Å². The van der Waals surface area contributed by atoms with Gasteiger partial charge in [0.25, 0.3) is 0 Å². The minimum absolute atomic E-state index is 0.721. The fraction of sp³-hybridized carbons (Fsp3) is 0.200. The average molecular weight is 333 g/mol. The number of fused-ring (bicyclic) bond motifs is 1. The number of allylic oxidation sites excluding steroid dienone is 1. The fourth-order valence-corrected chi connectivity index (χ4v) is 3.17. The maximum absolute atomic E-state index is 5.65. The van der Waals surface area contributed by atoms with Crippen molar-refractivity contribution >= 4 is 5.69 Å². The number of hydrogen-bond donors (Lipinski definition) is 0. The van der Waals surface area contributed by atoms with Crippen molar-refractivity contribution in [3.05, 3.63) is 72.0 Å². The highest BCUT2D eigenvalue weighted by atomic mass is 16.5. The monoisotopic (exact) mass is 333 g/mol. The standard InChI is InChI=1S/C20H19N3O2/c1-14-18(13-25-22-14)17-10-15-6-5-9-23(19(15)11-20(17)24-2)12-16-7-3-4-8-21-16/h3-5,7-11,13H,6,12H2,1-2H3. The van der Waals surface area contributed by atoms with Crippen molar-refractivity contribution in [1.29, 1.82) is 0 Å². The molecule has 0 N–H and O–H groups in total. The number of ether oxygens (including phenoxy) is 1. The minimum Gasteiger partial charge on any atom is -0.496 e. The molecule has 3 heterocycles. The van der Waals surface area contributed by atoms with Crippen LogP contribution in [0.1, 0.15) is 17.0 Å². The second kappa shape index (κ2) is 6.43. The van der Waals surface area contributed by atoms with Crippen molar-refractivity contribution in [3.8, 4) is 16.9 Å². The van der Waals surface area contributed by atoms with E-state index < -0.39 is 0 Å². The van der Waals surface area contributed by atoms with Gasteiger partial charge in [0.2, 0.25) is 0 Å². The Morgan fingerprint density at radius 1 is 1.24 bits per heavy atom. The number of aromatic nitrogens is 2. The van der Waals surface area contributed by atoms with Crippen molar-refractivity contribution in [2.75, 3.05) is 12.0 Å². The molecule has 25 heavy (non-hydrogen) atoms. The van der Waals surface area contributed by atoms with Gasteiger partial charge in [-0.1, -0.05) is 17.3 Å². The van der Waals surface area contributed by atoms with Gasteiger partial charge < -0.3 is 14.2 Å². The molecule has 0 amide bonds. The predicted molar refractivity (Wildman–Crippen MR) is 96.5 cm³/mol. The van der Waals surface area contributed by atoms with Crippen LogP contribution in [0.25, 0.3) is 11.1 Å². The first-order chi connectivity index (χ1) is 12.3. The zero-order valence-corrected chi connectivity index (χ0v) is 14.3. The highest BCUT2D eigenvalue weighted by Gasteiger charge is 2.20. The molecule has 0 unspecified atom stereocenters. The Hall–Kier alpha value is -3.08. The van der Waals surface area contributed by atoms with Gasteiger partial charge >= 0.3 is 0 Å². The highest BCUT2D eigenvalue weighted by molar-refractivity contribution is 5.77. The number of methoxy groups -OCH3 is 1. The first kappa shape index (κ1) is 15.4. The summed E-state index contributed by atoms with van der Waals surface area (Å²) < 4.78 is 10.8. The van der Waals surface area contributed by atoms with Crippen LogP contribution in [-0.2, 0) is 13.0 Å². The molecule has 1 aromatic carbocycles. The molecule has 0 atom stereocenters. The molecule has 5 heteroatoms. The second-order valence-electron chi connectivity index (χ2n) is 6.03. The van der Waals surface area contributed by atoms with E-state index in [1.165, 1.54) is 5.56 Å². The molecule has 3 aromatic rings. The molecule has 0 saturated carbocycles. The van der Waals surface area contributed by atoms with Crippen molar-refractivity contribution in [1.82, 2.24) is 10.1 Å². The molecule has 126 valence electrons. The second-order valence-corrected chi connectivity index (χ2v) is 6.03. The van der Waals surface area contributed by atoms with Gasteiger partial charge in [-0.05, 0) is 37.1 Å². The van der Waals surface area contributed by atoms with Gasteiger partial charge in [-0.2, -0.15) is 0 Å². The van der Waals surface area contributed by atoms with Gasteiger partial charge in [0.15, 0.2) is 0 Å². The lowest BCUT2D eigenvalue weighted by atomic mass is 9.97. The first-order valence-electron chi connectivity index (χ1n) is 8.21. The predicted octanol–water partition coefficient (Wildman–Crippen LogP) is 4.13. The summed E-state index contributed by atoms with van der Waals surface area (Å²) in [5.74, 6) is 0.811. The van der Waals surface area contributed by atoms with Crippen LogP contribution in [0, 0.1) is 6.92 Å². The topological polar surface area (TPSA) is 51.4 Å². The summed E-state index contributed by atoms with van der Waals surface area (Å²) in [6.07, 6.45) is 8.66. The molecule has 0 radical (unpaired) electrons. The lowest BCUT2D eigenvalue weighted by Gasteiger charge is -2.27. The van der Waals surface area contributed by atoms with Crippen molar-refractivity contribution in [2.24, 2.45) is 0 Å². The van der Waals surface area contributed by atoms with E-state index in [0.29, 0.717) is 0 Å². The molecule has 0 bridgehead atoms. The van der Waals surface area contributed by atoms with E-state index in [1.54, 1.807) is 13.4 Å². The number of nitrogens with zero attached hydrogens (tertiary/aromatic N) is 3. The Kier molecular flexibility index (Phi) is 3.98. The van der Waals surface area contributed by atoms with E-state index in [4.69, 9.17) is 9.26 Å². The Morgan fingerprint density at radius 3 is 2.88 bits per heavy atom. The molecular weight excluding hydrogens is 314 g/mol. The molecule has 5 nitrogen and oxygen atoms in total. The Balaban J connectivity index is 1.75. The maximum Gasteiger partial charge on any atom is 0.132 e. The van der Waals surface area contributed by atoms with Crippen molar-refractivity contribution in [3.63, 3.8) is 0 Å². The van der Waals surface area contributed by atoms with Crippen LogP contribution in [0.2, 0.25) is 0 Å². The summed E-state index contributed by atoms with van der Waals surface area (Å²) in [5, 5.41) is 3.99. The smallest absolute Gasteiger partial charge is 0.132 e. The molecule has 0 aliphatic carbocycles. The van der Waals surface area contributed by atoms with Gasteiger partial charge in [0.1, 0.15) is 12.0 Å². The largest absolute Gasteiger partial charge is 0.496 e. The summed E-state index contributed by atoms with van der Waals surface area (Å²) in [6, 6.07) is 10.2. The summed E-state index contributed by atoms with van der Waals surface area (Å²) in [6.45, 7) is 2.66. The van der Waals surface area contributed by atoms with Gasteiger partial charge in [-0.15, -0.1) is 0 Å². The zero-order chi connectivity index (χ0) is 17.2. The fourth-order valence-electron chi connectivity index (χ4n) is 3.17. The molecule has 0 spiro atoms. The van der Waals surface area contributed by atoms with Crippen LogP contribution in [0.3, 0.4) is 0 Å². The third-order valence-electron chi connectivity index (χ3n) is 4.43. The van der Waals surface area contributed by atoms with E-state index in [1.807, 2.05) is 31.3 Å². The van der Waals surface area contributed by atoms with Gasteiger partial charge in [0.05, 0.1) is 25.0 Å². The quantitative estimate of drug-likeness (QED) is 0.718. The van der Waals surface area contributed by atoms with Crippen LogP contribution >= 0.6 is 0 Å². The van der Waals surface area contributed by atoms with E-state index in [9.17, 15) is 0 Å². The van der Waals surface area contributed by atoms with Gasteiger partial charge in [-0.3, -0.25) is 4.98 Å². The molecule has 0 fully saturated rings. The summed E-state index contributed by atoms with van der Waals surface area (Å²) in [4.78, 5) is 6.63. The van der Waals surface area contributed by atoms with Crippen molar-refractivity contribution in [2.45, 2.75) is 19.9 Å². The first-order valence-corrected chi connectivity index (χ1v) is 8.21. The molecule has 0 saturated heterocycles. The van der Waals surface area contributed by atoms with Crippen LogP contribution in [0.15, 0.2) is 59.6 Å². The molecular formula is C20H19N3O2. The Bertz CT molecular complexity index is 916. The number of rotatable bonds is 4. The van der Waals surface area contributed by atoms with E-state index in [0.717, 1.165) is 46.9 Å². The summed E-state index contributed by atoms with van der Waals surface area (Å²) in [7, 11) is 1.69. The lowest BCUT2D eigenvalue weighted by Crippen LogP contribution is -2.20. The van der Waals surface area contributed by atoms with Crippen molar-refractivity contribution < 1.29 is 9.26 Å². The van der Waals surface area contributed by atoms with Gasteiger partial charge in [-0.25, -0.2) is 0 Å². The van der Waals surface area contributed by atoms with Gasteiger partial charge in [0, 0.05) is 35.3 Å². The number of anilines is 1. The number of hydrogen-bond acceptors (Lipinski definition) is 5. The third-order valence-corrected chi connectivity index (χ3v) is 4.43. The minimum atomic E-state index is 0.721. The third kappa shape index (κ3) is 2.89. The summed E-state index contributed by atoms with van der Waals surface area (Å²) >= 11 is 0. The molecule has 4 rings (SSSR count). The molecule has 1 aliphatic rings. The Morgan fingerprint density at radius 2 is 2.16 bits per heavy atom. The Labute approximate surface area is 146 Å². The van der Waals surface area contributed by atoms with Crippen LogP contribution < -0.4 is 9.64 Å². The highest BCUT2D eigenvalue weighted by Crippen LogP contribution is 2.39. The number of pyridine rings is 1. The van der Waals surface area contributed by atoms with E-state index >= 15 is 0 Å². The van der Waals surface area contributed by atoms with Crippen LogP contribution in [-0.4, -0.2) is 17.3 Å². The molecule has 1 aliphatic heterocycles. The number of aryl methyl sites for hydroxylation is 1. The van der Waals surface area contributed by atoms with Crippen LogP contribution in [0.5, 0.6) is 5.75 Å².